The number of primary amides is 1. The van der Waals surface area contributed by atoms with Gasteiger partial charge in [-0.05, 0) is 24.3 Å². The number of carbonyl (C=O) groups is 2. The van der Waals surface area contributed by atoms with Crippen molar-refractivity contribution in [3.8, 4) is 5.75 Å². The maximum atomic E-state index is 11.9. The summed E-state index contributed by atoms with van der Waals surface area (Å²) >= 11 is 0. The van der Waals surface area contributed by atoms with E-state index >= 15 is 0 Å². The van der Waals surface area contributed by atoms with E-state index in [0.29, 0.717) is 6.54 Å². The summed E-state index contributed by atoms with van der Waals surface area (Å²) in [5, 5.41) is 2.82. The molecule has 0 saturated heterocycles. The number of benzene rings is 1. The summed E-state index contributed by atoms with van der Waals surface area (Å²) in [5.41, 5.74) is 6.10. The zero-order valence-electron chi connectivity index (χ0n) is 14.4. The van der Waals surface area contributed by atoms with Gasteiger partial charge in [-0.3, -0.25) is 4.79 Å². The Bertz CT molecular complexity index is 548. The predicted molar refractivity (Wildman–Crippen MR) is 90.5 cm³/mol. The molecule has 6 heteroatoms. The van der Waals surface area contributed by atoms with Crippen LogP contribution in [0, 0.1) is 0 Å². The Morgan fingerprint density at radius 1 is 1.35 bits per heavy atom. The number of hydrogen-bond acceptors (Lipinski definition) is 3. The van der Waals surface area contributed by atoms with Crippen molar-refractivity contribution in [2.24, 2.45) is 5.73 Å². The minimum Gasteiger partial charge on any atom is -0.496 e. The molecule has 23 heavy (non-hydrogen) atoms. The SMILES string of the molecule is CCC(C)(CCNC(=O)N(C)CC(N)=O)c1ccccc1OC. The van der Waals surface area contributed by atoms with Crippen molar-refractivity contribution < 1.29 is 14.3 Å². The summed E-state index contributed by atoms with van der Waals surface area (Å²) in [5.74, 6) is 0.323. The van der Waals surface area contributed by atoms with Gasteiger partial charge in [-0.25, -0.2) is 4.79 Å². The van der Waals surface area contributed by atoms with E-state index in [2.05, 4.69) is 25.2 Å². The second kappa shape index (κ2) is 8.41. The zero-order valence-corrected chi connectivity index (χ0v) is 14.4. The molecule has 0 heterocycles. The molecule has 1 rings (SSSR count). The normalized spacial score (nSPS) is 13.0. The average molecular weight is 321 g/mol. The maximum Gasteiger partial charge on any atom is 0.317 e. The van der Waals surface area contributed by atoms with E-state index in [-0.39, 0.29) is 18.0 Å². The van der Waals surface area contributed by atoms with Crippen LogP contribution in [-0.2, 0) is 10.2 Å². The number of amides is 3. The standard InChI is InChI=1S/C17H27N3O3/c1-5-17(2,13-8-6-7-9-14(13)23-4)10-11-19-16(22)20(3)12-15(18)21/h6-9H,5,10-12H2,1-4H3,(H2,18,21)(H,19,22). The van der Waals surface area contributed by atoms with E-state index in [9.17, 15) is 9.59 Å². The summed E-state index contributed by atoms with van der Waals surface area (Å²) in [6.45, 7) is 4.69. The Morgan fingerprint density at radius 2 is 2.00 bits per heavy atom. The molecule has 1 atom stereocenters. The predicted octanol–water partition coefficient (Wildman–Crippen LogP) is 1.88. The van der Waals surface area contributed by atoms with Crippen molar-refractivity contribution in [2.75, 3.05) is 27.2 Å². The first kappa shape index (κ1) is 18.8. The minimum atomic E-state index is -0.532. The number of methoxy groups -OCH3 is 1. The topological polar surface area (TPSA) is 84.7 Å². The van der Waals surface area contributed by atoms with Crippen LogP contribution >= 0.6 is 0 Å². The van der Waals surface area contributed by atoms with Gasteiger partial charge in [0.1, 0.15) is 12.3 Å². The van der Waals surface area contributed by atoms with Gasteiger partial charge in [-0.15, -0.1) is 0 Å². The molecule has 1 aromatic rings. The van der Waals surface area contributed by atoms with Crippen molar-refractivity contribution in [1.29, 1.82) is 0 Å². The monoisotopic (exact) mass is 321 g/mol. The van der Waals surface area contributed by atoms with Crippen LogP contribution in [0.1, 0.15) is 32.3 Å². The molecule has 0 aliphatic heterocycles. The van der Waals surface area contributed by atoms with Crippen LogP contribution in [0.15, 0.2) is 24.3 Å². The molecule has 0 radical (unpaired) electrons. The van der Waals surface area contributed by atoms with Crippen molar-refractivity contribution in [1.82, 2.24) is 10.2 Å². The van der Waals surface area contributed by atoms with Crippen molar-refractivity contribution >= 4 is 11.9 Å². The number of hydrogen-bond donors (Lipinski definition) is 2. The van der Waals surface area contributed by atoms with Crippen LogP contribution in [0.3, 0.4) is 0 Å². The number of nitrogens with zero attached hydrogens (tertiary/aromatic N) is 1. The van der Waals surface area contributed by atoms with E-state index in [0.717, 1.165) is 24.2 Å². The Balaban J connectivity index is 2.69. The van der Waals surface area contributed by atoms with Crippen LogP contribution in [0.4, 0.5) is 4.79 Å². The van der Waals surface area contributed by atoms with Crippen LogP contribution in [-0.4, -0.2) is 44.1 Å². The largest absolute Gasteiger partial charge is 0.496 e. The molecule has 1 aromatic carbocycles. The van der Waals surface area contributed by atoms with E-state index < -0.39 is 5.91 Å². The van der Waals surface area contributed by atoms with Crippen molar-refractivity contribution in [2.45, 2.75) is 32.1 Å². The molecule has 0 bridgehead atoms. The number of urea groups is 1. The molecule has 0 aliphatic carbocycles. The van der Waals surface area contributed by atoms with Gasteiger partial charge in [0.2, 0.25) is 5.91 Å². The van der Waals surface area contributed by atoms with Crippen LogP contribution in [0.25, 0.3) is 0 Å². The van der Waals surface area contributed by atoms with Crippen molar-refractivity contribution in [3.63, 3.8) is 0 Å². The first-order valence-electron chi connectivity index (χ1n) is 7.75. The molecule has 0 aliphatic rings. The second-order valence-corrected chi connectivity index (χ2v) is 5.92. The first-order chi connectivity index (χ1) is 10.8. The molecule has 0 aromatic heterocycles. The third-order valence-electron chi connectivity index (χ3n) is 4.23. The molecular weight excluding hydrogens is 294 g/mol. The molecule has 3 N–H and O–H groups in total. The quantitative estimate of drug-likeness (QED) is 0.766. The van der Waals surface area contributed by atoms with E-state index in [1.54, 1.807) is 14.2 Å². The highest BCUT2D eigenvalue weighted by molar-refractivity contribution is 5.82. The summed E-state index contributed by atoms with van der Waals surface area (Å²) in [6.07, 6.45) is 1.68. The number of para-hydroxylation sites is 1. The number of nitrogens with one attached hydrogen (secondary N) is 1. The Morgan fingerprint density at radius 3 is 2.57 bits per heavy atom. The fourth-order valence-corrected chi connectivity index (χ4v) is 2.53. The smallest absolute Gasteiger partial charge is 0.317 e. The van der Waals surface area contributed by atoms with Gasteiger partial charge in [0.05, 0.1) is 7.11 Å². The fourth-order valence-electron chi connectivity index (χ4n) is 2.53. The Labute approximate surface area is 138 Å². The van der Waals surface area contributed by atoms with Gasteiger partial charge in [-0.2, -0.15) is 0 Å². The van der Waals surface area contributed by atoms with Crippen LogP contribution in [0.5, 0.6) is 5.75 Å². The number of likely N-dealkylation sites (N-methyl/N-ethyl adjacent to an activating group) is 1. The molecule has 1 unspecified atom stereocenters. The average Bonchev–Trinajstić information content (AvgIpc) is 2.53. The first-order valence-corrected chi connectivity index (χ1v) is 7.75. The highest BCUT2D eigenvalue weighted by atomic mass is 16.5. The number of ether oxygens (including phenoxy) is 1. The number of rotatable bonds is 8. The summed E-state index contributed by atoms with van der Waals surface area (Å²) in [7, 11) is 3.20. The van der Waals surface area contributed by atoms with Crippen LogP contribution < -0.4 is 15.8 Å². The van der Waals surface area contributed by atoms with Gasteiger partial charge in [0, 0.05) is 19.2 Å². The minimum absolute atomic E-state index is 0.0939. The molecule has 128 valence electrons. The van der Waals surface area contributed by atoms with E-state index in [1.807, 2.05) is 18.2 Å². The molecule has 0 saturated carbocycles. The molecule has 3 amide bonds. The molecule has 0 spiro atoms. The van der Waals surface area contributed by atoms with Gasteiger partial charge >= 0.3 is 6.03 Å². The second-order valence-electron chi connectivity index (χ2n) is 5.92. The lowest BCUT2D eigenvalue weighted by Gasteiger charge is -2.31. The molecule has 0 fully saturated rings. The zero-order chi connectivity index (χ0) is 17.5. The van der Waals surface area contributed by atoms with Crippen molar-refractivity contribution in [3.05, 3.63) is 29.8 Å². The third-order valence-corrected chi connectivity index (χ3v) is 4.23. The molecule has 6 nitrogen and oxygen atoms in total. The number of nitrogens with two attached hydrogens (primary N) is 1. The van der Waals surface area contributed by atoms with E-state index in [4.69, 9.17) is 10.5 Å². The maximum absolute atomic E-state index is 11.9. The van der Waals surface area contributed by atoms with Gasteiger partial charge < -0.3 is 20.7 Å². The third kappa shape index (κ3) is 5.16. The lowest BCUT2D eigenvalue weighted by molar-refractivity contribution is -0.118. The summed E-state index contributed by atoms with van der Waals surface area (Å²) in [6, 6.07) is 7.64. The van der Waals surface area contributed by atoms with Gasteiger partial charge in [0.15, 0.2) is 0 Å². The Hall–Kier alpha value is -2.24. The molecular formula is C17H27N3O3. The highest BCUT2D eigenvalue weighted by Gasteiger charge is 2.27. The summed E-state index contributed by atoms with van der Waals surface area (Å²) < 4.78 is 5.46. The highest BCUT2D eigenvalue weighted by Crippen LogP contribution is 2.36. The van der Waals surface area contributed by atoms with Crippen LogP contribution in [0.2, 0.25) is 0 Å². The fraction of sp³-hybridized carbons (Fsp3) is 0.529. The lowest BCUT2D eigenvalue weighted by Crippen LogP contribution is -2.43. The van der Waals surface area contributed by atoms with Gasteiger partial charge in [0.25, 0.3) is 0 Å². The van der Waals surface area contributed by atoms with Gasteiger partial charge in [-0.1, -0.05) is 32.0 Å². The Kier molecular flexibility index (Phi) is 6.88. The lowest BCUT2D eigenvalue weighted by atomic mass is 9.77. The summed E-state index contributed by atoms with van der Waals surface area (Å²) in [4.78, 5) is 24.0. The van der Waals surface area contributed by atoms with E-state index in [1.165, 1.54) is 4.90 Å². The number of carbonyl (C=O) groups excluding carboxylic acids is 2.